The van der Waals surface area contributed by atoms with Crippen LogP contribution in [-0.4, -0.2) is 43.3 Å². The normalized spacial score (nSPS) is 12.1. The van der Waals surface area contributed by atoms with Gasteiger partial charge in [-0.25, -0.2) is 4.79 Å². The zero-order valence-electron chi connectivity index (χ0n) is 9.57. The lowest BCUT2D eigenvalue weighted by atomic mass is 10.1. The van der Waals surface area contributed by atoms with E-state index in [4.69, 9.17) is 15.6 Å². The van der Waals surface area contributed by atoms with Crippen LogP contribution in [0.25, 0.3) is 0 Å². The van der Waals surface area contributed by atoms with E-state index in [1.165, 1.54) is 0 Å². The van der Waals surface area contributed by atoms with E-state index in [9.17, 15) is 9.59 Å². The largest absolute Gasteiger partial charge is 0.480 e. The van der Waals surface area contributed by atoms with E-state index >= 15 is 0 Å². The average molecular weight is 232 g/mol. The van der Waals surface area contributed by atoms with Crippen molar-refractivity contribution >= 4 is 11.9 Å². The lowest BCUT2D eigenvalue weighted by Gasteiger charge is -2.08. The summed E-state index contributed by atoms with van der Waals surface area (Å²) in [6, 6.07) is 0. The molecule has 4 N–H and O–H groups in total. The van der Waals surface area contributed by atoms with Crippen molar-refractivity contribution in [3.63, 3.8) is 0 Å². The molecule has 0 aliphatic rings. The summed E-state index contributed by atoms with van der Waals surface area (Å²) in [4.78, 5) is 21.3. The minimum absolute atomic E-state index is 0.0563. The van der Waals surface area contributed by atoms with Crippen LogP contribution in [-0.2, 0) is 14.3 Å². The molecule has 0 saturated carbocycles. The first-order chi connectivity index (χ1) is 7.56. The van der Waals surface area contributed by atoms with Crippen molar-refractivity contribution < 1.29 is 19.4 Å². The van der Waals surface area contributed by atoms with E-state index in [0.717, 1.165) is 6.42 Å². The molecule has 6 nitrogen and oxygen atoms in total. The Balaban J connectivity index is 3.33. The fourth-order valence-corrected chi connectivity index (χ4v) is 1.01. The predicted molar refractivity (Wildman–Crippen MR) is 58.9 cm³/mol. The minimum atomic E-state index is -1.01. The Morgan fingerprint density at radius 3 is 2.75 bits per heavy atom. The second-order valence-electron chi connectivity index (χ2n) is 3.68. The lowest BCUT2D eigenvalue weighted by Crippen LogP contribution is -2.28. The van der Waals surface area contributed by atoms with Gasteiger partial charge in [-0.1, -0.05) is 6.92 Å². The van der Waals surface area contributed by atoms with Crippen LogP contribution >= 0.6 is 0 Å². The molecule has 1 atom stereocenters. The number of nitrogens with two attached hydrogens (primary N) is 1. The van der Waals surface area contributed by atoms with Gasteiger partial charge in [0.2, 0.25) is 5.91 Å². The Labute approximate surface area is 95.1 Å². The number of hydrogen-bond donors (Lipinski definition) is 3. The van der Waals surface area contributed by atoms with Crippen LogP contribution in [0.4, 0.5) is 0 Å². The molecular formula is C10H20N2O4. The summed E-state index contributed by atoms with van der Waals surface area (Å²) in [7, 11) is 0. The van der Waals surface area contributed by atoms with Crippen LogP contribution in [0.15, 0.2) is 0 Å². The first-order valence-corrected chi connectivity index (χ1v) is 5.32. The summed E-state index contributed by atoms with van der Waals surface area (Å²) in [5.41, 5.74) is 5.42. The maximum Gasteiger partial charge on any atom is 0.329 e. The van der Waals surface area contributed by atoms with Gasteiger partial charge < -0.3 is 20.9 Å². The van der Waals surface area contributed by atoms with Crippen molar-refractivity contribution in [3.05, 3.63) is 0 Å². The summed E-state index contributed by atoms with van der Waals surface area (Å²) >= 11 is 0. The van der Waals surface area contributed by atoms with Crippen molar-refractivity contribution in [1.29, 1.82) is 0 Å². The molecule has 0 saturated heterocycles. The Morgan fingerprint density at radius 2 is 2.19 bits per heavy atom. The first-order valence-electron chi connectivity index (χ1n) is 5.32. The van der Waals surface area contributed by atoms with E-state index in [0.29, 0.717) is 25.4 Å². The molecule has 0 aromatic rings. The molecule has 1 amide bonds. The number of rotatable bonds is 9. The molecule has 0 heterocycles. The van der Waals surface area contributed by atoms with Crippen molar-refractivity contribution in [1.82, 2.24) is 5.32 Å². The number of hydrogen-bond acceptors (Lipinski definition) is 4. The van der Waals surface area contributed by atoms with E-state index < -0.39 is 5.97 Å². The van der Waals surface area contributed by atoms with Gasteiger partial charge >= 0.3 is 5.97 Å². The second-order valence-corrected chi connectivity index (χ2v) is 3.68. The molecule has 94 valence electrons. The number of carbonyl (C=O) groups is 2. The fourth-order valence-electron chi connectivity index (χ4n) is 1.01. The molecule has 16 heavy (non-hydrogen) atoms. The molecule has 6 heteroatoms. The standard InChI is InChI=1S/C10H20N2O4/c1-8(6-11)2-3-9(13)12-4-5-16-7-10(14)15/h8H,2-7,11H2,1H3,(H,12,13)(H,14,15). The van der Waals surface area contributed by atoms with Crippen molar-refractivity contribution in [3.8, 4) is 0 Å². The highest BCUT2D eigenvalue weighted by molar-refractivity contribution is 5.75. The molecule has 0 bridgehead atoms. The third-order valence-corrected chi connectivity index (χ3v) is 2.06. The summed E-state index contributed by atoms with van der Waals surface area (Å²) in [5.74, 6) is -0.726. The van der Waals surface area contributed by atoms with E-state index in [1.54, 1.807) is 0 Å². The fraction of sp³-hybridized carbons (Fsp3) is 0.800. The summed E-state index contributed by atoms with van der Waals surface area (Å²) in [6.45, 7) is 2.78. The van der Waals surface area contributed by atoms with Crippen LogP contribution in [0.3, 0.4) is 0 Å². The van der Waals surface area contributed by atoms with Gasteiger partial charge in [0.15, 0.2) is 0 Å². The molecule has 0 spiro atoms. The Kier molecular flexibility index (Phi) is 8.46. The summed E-state index contributed by atoms with van der Waals surface area (Å²) in [5, 5.41) is 10.9. The van der Waals surface area contributed by atoms with Gasteiger partial charge in [0.25, 0.3) is 0 Å². The van der Waals surface area contributed by atoms with E-state index in [1.807, 2.05) is 6.92 Å². The smallest absolute Gasteiger partial charge is 0.329 e. The topological polar surface area (TPSA) is 102 Å². The van der Waals surface area contributed by atoms with Gasteiger partial charge in [-0.15, -0.1) is 0 Å². The molecule has 0 fully saturated rings. The van der Waals surface area contributed by atoms with Crippen LogP contribution in [0.1, 0.15) is 19.8 Å². The quantitative estimate of drug-likeness (QED) is 0.469. The number of aliphatic carboxylic acids is 1. The van der Waals surface area contributed by atoms with Crippen LogP contribution < -0.4 is 11.1 Å². The number of nitrogens with one attached hydrogen (secondary N) is 1. The molecule has 0 aromatic carbocycles. The zero-order chi connectivity index (χ0) is 12.4. The number of carbonyl (C=O) groups excluding carboxylic acids is 1. The Hall–Kier alpha value is -1.14. The van der Waals surface area contributed by atoms with Crippen molar-refractivity contribution in [2.75, 3.05) is 26.3 Å². The molecular weight excluding hydrogens is 212 g/mol. The van der Waals surface area contributed by atoms with Crippen LogP contribution in [0.2, 0.25) is 0 Å². The van der Waals surface area contributed by atoms with E-state index in [-0.39, 0.29) is 19.1 Å². The third-order valence-electron chi connectivity index (χ3n) is 2.06. The number of carboxylic acids is 1. The number of ether oxygens (including phenoxy) is 1. The van der Waals surface area contributed by atoms with Crippen molar-refractivity contribution in [2.24, 2.45) is 11.7 Å². The highest BCUT2D eigenvalue weighted by Crippen LogP contribution is 2.02. The highest BCUT2D eigenvalue weighted by atomic mass is 16.5. The van der Waals surface area contributed by atoms with Gasteiger partial charge in [0.1, 0.15) is 6.61 Å². The average Bonchev–Trinajstić information content (AvgIpc) is 2.24. The van der Waals surface area contributed by atoms with Gasteiger partial charge in [0.05, 0.1) is 6.61 Å². The monoisotopic (exact) mass is 232 g/mol. The van der Waals surface area contributed by atoms with Crippen molar-refractivity contribution in [2.45, 2.75) is 19.8 Å². The molecule has 0 radical (unpaired) electrons. The third kappa shape index (κ3) is 9.42. The molecule has 0 aliphatic heterocycles. The summed E-state index contributed by atoms with van der Waals surface area (Å²) in [6.07, 6.45) is 1.20. The number of amides is 1. The Bertz CT molecular complexity index is 221. The number of carboxylic acid groups (broad SMARTS) is 1. The molecule has 0 aromatic heterocycles. The lowest BCUT2D eigenvalue weighted by molar-refractivity contribution is -0.142. The van der Waals surface area contributed by atoms with Gasteiger partial charge in [-0.05, 0) is 18.9 Å². The van der Waals surface area contributed by atoms with E-state index in [2.05, 4.69) is 5.32 Å². The van der Waals surface area contributed by atoms with Gasteiger partial charge in [-0.3, -0.25) is 4.79 Å². The van der Waals surface area contributed by atoms with Crippen LogP contribution in [0.5, 0.6) is 0 Å². The highest BCUT2D eigenvalue weighted by Gasteiger charge is 2.04. The SMILES string of the molecule is CC(CN)CCC(=O)NCCOCC(=O)O. The van der Waals surface area contributed by atoms with Gasteiger partial charge in [0, 0.05) is 13.0 Å². The first kappa shape index (κ1) is 14.9. The molecule has 1 unspecified atom stereocenters. The summed E-state index contributed by atoms with van der Waals surface area (Å²) < 4.78 is 4.76. The predicted octanol–water partition coefficient (Wildman–Crippen LogP) is -0.421. The maximum absolute atomic E-state index is 11.2. The zero-order valence-corrected chi connectivity index (χ0v) is 9.57. The molecule has 0 aliphatic carbocycles. The van der Waals surface area contributed by atoms with Crippen LogP contribution in [0, 0.1) is 5.92 Å². The second kappa shape index (κ2) is 9.11. The Morgan fingerprint density at radius 1 is 1.50 bits per heavy atom. The molecule has 0 rings (SSSR count). The maximum atomic E-state index is 11.2. The minimum Gasteiger partial charge on any atom is -0.480 e. The van der Waals surface area contributed by atoms with Gasteiger partial charge in [-0.2, -0.15) is 0 Å².